The van der Waals surface area contributed by atoms with Crippen LogP contribution in [0.15, 0.2) is 0 Å². The molecule has 1 saturated carbocycles. The van der Waals surface area contributed by atoms with Gasteiger partial charge in [0.15, 0.2) is 0 Å². The molecule has 1 rings (SSSR count). The topological polar surface area (TPSA) is 0 Å². The van der Waals surface area contributed by atoms with Crippen LogP contribution in [0.4, 0.5) is 0 Å². The molecule has 0 bridgehead atoms. The van der Waals surface area contributed by atoms with Gasteiger partial charge in [-0.1, -0.05) is 40.0 Å². The highest BCUT2D eigenvalue weighted by molar-refractivity contribution is 4.95. The number of rotatable bonds is 4. The minimum absolute atomic E-state index is 0.759. The summed E-state index contributed by atoms with van der Waals surface area (Å²) in [6.45, 7) is 7.10. The van der Waals surface area contributed by atoms with Crippen LogP contribution < -0.4 is 0 Å². The fraction of sp³-hybridized carbons (Fsp3) is 1.00. The lowest BCUT2D eigenvalue weighted by molar-refractivity contribution is 0.446. The van der Waals surface area contributed by atoms with E-state index in [0.717, 1.165) is 11.3 Å². The highest BCUT2D eigenvalue weighted by Gasteiger charge is 2.45. The van der Waals surface area contributed by atoms with Crippen molar-refractivity contribution in [2.24, 2.45) is 11.3 Å². The second-order valence-electron chi connectivity index (χ2n) is 4.22. The van der Waals surface area contributed by atoms with Crippen LogP contribution in [0.1, 0.15) is 52.9 Å². The molecule has 0 amide bonds. The molecule has 60 valence electrons. The van der Waals surface area contributed by atoms with Crippen LogP contribution in [0, 0.1) is 11.3 Å². The zero-order valence-corrected chi connectivity index (χ0v) is 7.61. The lowest BCUT2D eigenvalue weighted by Gasteiger charge is -2.07. The van der Waals surface area contributed by atoms with E-state index >= 15 is 0 Å². The molecule has 0 nitrogen and oxygen atoms in total. The average molecular weight is 140 g/mol. The van der Waals surface area contributed by atoms with Crippen LogP contribution >= 0.6 is 0 Å². The second kappa shape index (κ2) is 2.94. The number of unbranched alkanes of at least 4 members (excludes halogenated alkanes) is 2. The van der Waals surface area contributed by atoms with Crippen molar-refractivity contribution >= 4 is 0 Å². The van der Waals surface area contributed by atoms with Crippen molar-refractivity contribution in [3.63, 3.8) is 0 Å². The van der Waals surface area contributed by atoms with Gasteiger partial charge in [0.25, 0.3) is 0 Å². The lowest BCUT2D eigenvalue weighted by atomic mass is 9.98. The Hall–Kier alpha value is 0. The molecule has 1 aliphatic carbocycles. The molecule has 0 aromatic carbocycles. The summed E-state index contributed by atoms with van der Waals surface area (Å²) in [5.41, 5.74) is 0.759. The maximum absolute atomic E-state index is 2.44. The molecule has 0 heterocycles. The smallest absolute Gasteiger partial charge is 0.0297 e. The molecule has 1 aliphatic rings. The van der Waals surface area contributed by atoms with Crippen molar-refractivity contribution in [2.75, 3.05) is 0 Å². The normalized spacial score (nSPS) is 38.1. The van der Waals surface area contributed by atoms with Crippen molar-refractivity contribution in [3.05, 3.63) is 0 Å². The molecule has 2 unspecified atom stereocenters. The molecule has 0 aliphatic heterocycles. The molecule has 0 aromatic rings. The predicted molar refractivity (Wildman–Crippen MR) is 46.0 cm³/mol. The van der Waals surface area contributed by atoms with Crippen molar-refractivity contribution in [1.29, 1.82) is 0 Å². The molecule has 0 radical (unpaired) electrons. The van der Waals surface area contributed by atoms with E-state index in [1.807, 2.05) is 0 Å². The van der Waals surface area contributed by atoms with Crippen LogP contribution in [0.25, 0.3) is 0 Å². The minimum atomic E-state index is 0.759. The zero-order valence-electron chi connectivity index (χ0n) is 7.61. The number of hydrogen-bond acceptors (Lipinski definition) is 0. The Kier molecular flexibility index (Phi) is 2.38. The van der Waals surface area contributed by atoms with E-state index in [9.17, 15) is 0 Å². The third kappa shape index (κ3) is 1.74. The number of hydrogen-bond donors (Lipinski definition) is 0. The van der Waals surface area contributed by atoms with Crippen LogP contribution in [-0.2, 0) is 0 Å². The van der Waals surface area contributed by atoms with Crippen molar-refractivity contribution in [3.8, 4) is 0 Å². The molecule has 0 N–H and O–H groups in total. The van der Waals surface area contributed by atoms with Crippen LogP contribution in [0.3, 0.4) is 0 Å². The van der Waals surface area contributed by atoms with E-state index < -0.39 is 0 Å². The van der Waals surface area contributed by atoms with Gasteiger partial charge in [0.05, 0.1) is 0 Å². The van der Waals surface area contributed by atoms with Crippen LogP contribution in [0.5, 0.6) is 0 Å². The first-order chi connectivity index (χ1) is 4.69. The van der Waals surface area contributed by atoms with Gasteiger partial charge >= 0.3 is 0 Å². The molecular formula is C10H20. The Morgan fingerprint density at radius 3 is 2.40 bits per heavy atom. The highest BCUT2D eigenvalue weighted by Crippen LogP contribution is 2.55. The van der Waals surface area contributed by atoms with E-state index in [4.69, 9.17) is 0 Å². The van der Waals surface area contributed by atoms with E-state index in [0.29, 0.717) is 0 Å². The molecule has 1 fully saturated rings. The monoisotopic (exact) mass is 140 g/mol. The summed E-state index contributed by atoms with van der Waals surface area (Å²) in [5, 5.41) is 0. The Morgan fingerprint density at radius 1 is 1.40 bits per heavy atom. The summed E-state index contributed by atoms with van der Waals surface area (Å²) in [4.78, 5) is 0. The lowest BCUT2D eigenvalue weighted by Crippen LogP contribution is -1.95. The molecule has 0 heteroatoms. The van der Waals surface area contributed by atoms with Gasteiger partial charge in [0, 0.05) is 0 Å². The van der Waals surface area contributed by atoms with E-state index in [1.54, 1.807) is 0 Å². The van der Waals surface area contributed by atoms with Gasteiger partial charge in [-0.15, -0.1) is 0 Å². The Morgan fingerprint density at radius 2 is 2.00 bits per heavy atom. The first-order valence-electron chi connectivity index (χ1n) is 4.69. The van der Waals surface area contributed by atoms with E-state index in [-0.39, 0.29) is 0 Å². The largest absolute Gasteiger partial charge is 0.0654 e. The van der Waals surface area contributed by atoms with Crippen molar-refractivity contribution in [1.82, 2.24) is 0 Å². The molecule has 0 saturated heterocycles. The molecule has 0 spiro atoms. The van der Waals surface area contributed by atoms with Gasteiger partial charge in [0.2, 0.25) is 0 Å². The van der Waals surface area contributed by atoms with E-state index in [1.165, 1.54) is 32.1 Å². The Balaban J connectivity index is 2.03. The zero-order chi connectivity index (χ0) is 7.61. The third-order valence-electron chi connectivity index (χ3n) is 3.15. The van der Waals surface area contributed by atoms with Gasteiger partial charge in [0.1, 0.15) is 0 Å². The fourth-order valence-electron chi connectivity index (χ4n) is 1.77. The Bertz CT molecular complexity index is 107. The summed E-state index contributed by atoms with van der Waals surface area (Å²) in [6.07, 6.45) is 7.21. The summed E-state index contributed by atoms with van der Waals surface area (Å²) < 4.78 is 0. The van der Waals surface area contributed by atoms with Gasteiger partial charge in [-0.3, -0.25) is 0 Å². The van der Waals surface area contributed by atoms with Crippen molar-refractivity contribution < 1.29 is 0 Å². The maximum Gasteiger partial charge on any atom is -0.0297 e. The van der Waals surface area contributed by atoms with Gasteiger partial charge in [-0.05, 0) is 24.2 Å². The predicted octanol–water partition coefficient (Wildman–Crippen LogP) is 3.61. The average Bonchev–Trinajstić information content (AvgIpc) is 2.42. The van der Waals surface area contributed by atoms with Gasteiger partial charge in [-0.2, -0.15) is 0 Å². The Labute approximate surface area is 65.0 Å². The van der Waals surface area contributed by atoms with Gasteiger partial charge < -0.3 is 0 Å². The van der Waals surface area contributed by atoms with Crippen LogP contribution in [0.2, 0.25) is 0 Å². The summed E-state index contributed by atoms with van der Waals surface area (Å²) in [7, 11) is 0. The SMILES string of the molecule is CCCCCC1(C)CC1C. The standard InChI is InChI=1S/C10H20/c1-4-5-6-7-10(3)8-9(10)2/h9H,4-8H2,1-3H3. The molecular weight excluding hydrogens is 120 g/mol. The summed E-state index contributed by atoms with van der Waals surface area (Å²) >= 11 is 0. The fourth-order valence-corrected chi connectivity index (χ4v) is 1.77. The maximum atomic E-state index is 2.44. The summed E-state index contributed by atoms with van der Waals surface area (Å²) in [6, 6.07) is 0. The quantitative estimate of drug-likeness (QED) is 0.523. The highest BCUT2D eigenvalue weighted by atomic mass is 14.5. The van der Waals surface area contributed by atoms with Crippen LogP contribution in [-0.4, -0.2) is 0 Å². The third-order valence-corrected chi connectivity index (χ3v) is 3.15. The minimum Gasteiger partial charge on any atom is -0.0654 e. The molecule has 10 heavy (non-hydrogen) atoms. The first kappa shape index (κ1) is 8.10. The second-order valence-corrected chi connectivity index (χ2v) is 4.22. The van der Waals surface area contributed by atoms with E-state index in [2.05, 4.69) is 20.8 Å². The van der Waals surface area contributed by atoms with Gasteiger partial charge in [-0.25, -0.2) is 0 Å². The molecule has 0 aromatic heterocycles. The molecule has 2 atom stereocenters. The first-order valence-corrected chi connectivity index (χ1v) is 4.69. The summed E-state index contributed by atoms with van der Waals surface area (Å²) in [5.74, 6) is 1.02. The van der Waals surface area contributed by atoms with Crippen molar-refractivity contribution in [2.45, 2.75) is 52.9 Å².